The van der Waals surface area contributed by atoms with Crippen LogP contribution in [0.3, 0.4) is 0 Å². The maximum atomic E-state index is 14.3. The van der Waals surface area contributed by atoms with Crippen molar-refractivity contribution in [1.29, 1.82) is 0 Å². The van der Waals surface area contributed by atoms with E-state index in [4.69, 9.17) is 4.74 Å². The van der Waals surface area contributed by atoms with Crippen molar-refractivity contribution in [2.24, 2.45) is 17.8 Å². The number of aliphatic hydroxyl groups is 1. The SMILES string of the molecule is CC[C@H](C)[C@H](CO)N1C(=O)[C@@H]2[C@H](C(=O)NCc3ccccc3)[C@@H]3CCC2(O3)C1C(=O)Nc1ccc(N(CC)CC)cc1. The summed E-state index contributed by atoms with van der Waals surface area (Å²) in [4.78, 5) is 45.9. The number of ether oxygens (including phenoxy) is 1. The van der Waals surface area contributed by atoms with E-state index in [9.17, 15) is 19.5 Å². The van der Waals surface area contributed by atoms with Crippen molar-refractivity contribution in [2.45, 2.75) is 77.3 Å². The van der Waals surface area contributed by atoms with E-state index in [0.29, 0.717) is 25.1 Å². The van der Waals surface area contributed by atoms with Gasteiger partial charge in [-0.25, -0.2) is 0 Å². The molecule has 0 radical (unpaired) electrons. The molecule has 0 saturated carbocycles. The third kappa shape index (κ3) is 5.17. The van der Waals surface area contributed by atoms with Gasteiger partial charge in [-0.1, -0.05) is 50.6 Å². The Morgan fingerprint density at radius 2 is 1.76 bits per heavy atom. The van der Waals surface area contributed by atoms with E-state index in [-0.39, 0.29) is 30.2 Å². The minimum Gasteiger partial charge on any atom is -0.394 e. The number of nitrogens with zero attached hydrogens (tertiary/aromatic N) is 2. The lowest BCUT2D eigenvalue weighted by molar-refractivity contribution is -0.145. The minimum atomic E-state index is -1.12. The number of amides is 3. The number of anilines is 2. The Balaban J connectivity index is 1.44. The number of benzene rings is 2. The number of carbonyl (C=O) groups is 3. The van der Waals surface area contributed by atoms with Gasteiger partial charge in [0.1, 0.15) is 11.6 Å². The molecule has 3 heterocycles. The molecular weight excluding hydrogens is 532 g/mol. The summed E-state index contributed by atoms with van der Waals surface area (Å²) >= 11 is 0. The number of aliphatic hydroxyl groups excluding tert-OH is 1. The topological polar surface area (TPSA) is 111 Å². The van der Waals surface area contributed by atoms with E-state index < -0.39 is 35.6 Å². The molecule has 2 aromatic carbocycles. The molecule has 2 bridgehead atoms. The molecule has 2 aromatic rings. The van der Waals surface area contributed by atoms with Crippen LogP contribution in [-0.4, -0.2) is 71.2 Å². The molecule has 3 N–H and O–H groups in total. The van der Waals surface area contributed by atoms with Crippen LogP contribution in [0.1, 0.15) is 52.5 Å². The van der Waals surface area contributed by atoms with Crippen LogP contribution in [-0.2, 0) is 25.7 Å². The Bertz CT molecular complexity index is 1270. The van der Waals surface area contributed by atoms with E-state index in [1.165, 1.54) is 0 Å². The maximum Gasteiger partial charge on any atom is 0.250 e. The Morgan fingerprint density at radius 1 is 1.07 bits per heavy atom. The van der Waals surface area contributed by atoms with Crippen LogP contribution in [0, 0.1) is 17.8 Å². The molecule has 0 aliphatic carbocycles. The lowest BCUT2D eigenvalue weighted by Crippen LogP contribution is -2.57. The highest BCUT2D eigenvalue weighted by atomic mass is 16.5. The maximum absolute atomic E-state index is 14.3. The molecule has 7 atom stereocenters. The summed E-state index contributed by atoms with van der Waals surface area (Å²) < 4.78 is 6.56. The fraction of sp³-hybridized carbons (Fsp3) is 0.545. The van der Waals surface area contributed by atoms with Crippen molar-refractivity contribution in [2.75, 3.05) is 29.9 Å². The van der Waals surface area contributed by atoms with Crippen LogP contribution in [0.5, 0.6) is 0 Å². The first-order chi connectivity index (χ1) is 20.3. The van der Waals surface area contributed by atoms with Gasteiger partial charge in [0.15, 0.2) is 0 Å². The van der Waals surface area contributed by atoms with Crippen molar-refractivity contribution in [3.63, 3.8) is 0 Å². The highest BCUT2D eigenvalue weighted by Gasteiger charge is 2.75. The minimum absolute atomic E-state index is 0.0552. The van der Waals surface area contributed by atoms with Gasteiger partial charge in [0.05, 0.1) is 30.6 Å². The molecule has 226 valence electrons. The monoisotopic (exact) mass is 576 g/mol. The van der Waals surface area contributed by atoms with Crippen molar-refractivity contribution in [3.05, 3.63) is 60.2 Å². The number of hydrogen-bond acceptors (Lipinski definition) is 6. The van der Waals surface area contributed by atoms with Crippen molar-refractivity contribution in [3.8, 4) is 0 Å². The molecule has 3 saturated heterocycles. The van der Waals surface area contributed by atoms with Gasteiger partial charge >= 0.3 is 0 Å². The zero-order valence-corrected chi connectivity index (χ0v) is 25.1. The summed E-state index contributed by atoms with van der Waals surface area (Å²) in [5.74, 6) is -2.41. The van der Waals surface area contributed by atoms with Crippen LogP contribution >= 0.6 is 0 Å². The highest BCUT2D eigenvalue weighted by molar-refractivity contribution is 6.03. The first-order valence-electron chi connectivity index (χ1n) is 15.4. The lowest BCUT2D eigenvalue weighted by atomic mass is 9.70. The van der Waals surface area contributed by atoms with E-state index in [1.807, 2.05) is 68.4 Å². The summed E-state index contributed by atoms with van der Waals surface area (Å²) in [7, 11) is 0. The molecular formula is C33H44N4O5. The van der Waals surface area contributed by atoms with E-state index in [0.717, 1.165) is 30.8 Å². The zero-order valence-electron chi connectivity index (χ0n) is 25.1. The number of likely N-dealkylation sites (tertiary alicyclic amines) is 1. The Hall–Kier alpha value is -3.43. The van der Waals surface area contributed by atoms with Gasteiger partial charge in [0.25, 0.3) is 0 Å². The first-order valence-corrected chi connectivity index (χ1v) is 15.4. The average molecular weight is 577 g/mol. The lowest BCUT2D eigenvalue weighted by Gasteiger charge is -2.38. The van der Waals surface area contributed by atoms with Gasteiger partial charge in [-0.05, 0) is 62.4 Å². The second-order valence-electron chi connectivity index (χ2n) is 11.8. The summed E-state index contributed by atoms with van der Waals surface area (Å²) in [5, 5.41) is 16.5. The third-order valence-electron chi connectivity index (χ3n) is 9.71. The first kappa shape index (κ1) is 30.0. The smallest absolute Gasteiger partial charge is 0.250 e. The van der Waals surface area contributed by atoms with Crippen LogP contribution in [0.25, 0.3) is 0 Å². The van der Waals surface area contributed by atoms with E-state index in [2.05, 4.69) is 29.4 Å². The predicted molar refractivity (Wildman–Crippen MR) is 162 cm³/mol. The van der Waals surface area contributed by atoms with Crippen LogP contribution in [0.15, 0.2) is 54.6 Å². The number of rotatable bonds is 12. The van der Waals surface area contributed by atoms with Crippen molar-refractivity contribution < 1.29 is 24.2 Å². The molecule has 42 heavy (non-hydrogen) atoms. The van der Waals surface area contributed by atoms with E-state index in [1.54, 1.807) is 4.90 Å². The predicted octanol–water partition coefficient (Wildman–Crippen LogP) is 3.57. The number of fused-ring (bicyclic) bond motifs is 1. The molecule has 3 amide bonds. The molecule has 9 nitrogen and oxygen atoms in total. The van der Waals surface area contributed by atoms with Crippen LogP contribution in [0.2, 0.25) is 0 Å². The largest absolute Gasteiger partial charge is 0.394 e. The second kappa shape index (κ2) is 12.4. The fourth-order valence-corrected chi connectivity index (χ4v) is 7.32. The molecule has 3 aliphatic heterocycles. The van der Waals surface area contributed by atoms with Gasteiger partial charge in [0.2, 0.25) is 17.7 Å². The summed E-state index contributed by atoms with van der Waals surface area (Å²) in [6.45, 7) is 10.00. The molecule has 9 heteroatoms. The number of carbonyl (C=O) groups excluding carboxylic acids is 3. The van der Waals surface area contributed by atoms with Crippen molar-refractivity contribution in [1.82, 2.24) is 10.2 Å². The normalized spacial score (nSPS) is 27.5. The number of hydrogen-bond donors (Lipinski definition) is 3. The third-order valence-corrected chi connectivity index (χ3v) is 9.71. The van der Waals surface area contributed by atoms with Crippen LogP contribution in [0.4, 0.5) is 11.4 Å². The average Bonchev–Trinajstić information content (AvgIpc) is 3.65. The van der Waals surface area contributed by atoms with Gasteiger partial charge in [-0.2, -0.15) is 0 Å². The molecule has 2 unspecified atom stereocenters. The van der Waals surface area contributed by atoms with Crippen LogP contribution < -0.4 is 15.5 Å². The molecule has 3 fully saturated rings. The standard InChI is InChI=1S/C33H44N4O5/c1-5-21(4)25(20-38)37-29(31(40)35-23-13-15-24(16-14-23)36(6-2)7-3)33-18-17-26(42-33)27(28(33)32(37)41)30(39)34-19-22-11-9-8-10-12-22/h8-16,21,25-29,38H,5-7,17-20H2,1-4H3,(H,34,39)(H,35,40)/t21-,25-,26-,27+,28-,29?,33?/m0/s1. The van der Waals surface area contributed by atoms with Crippen molar-refractivity contribution >= 4 is 29.1 Å². The molecule has 3 aliphatic rings. The van der Waals surface area contributed by atoms with E-state index >= 15 is 0 Å². The zero-order chi connectivity index (χ0) is 30.0. The summed E-state index contributed by atoms with van der Waals surface area (Å²) in [5.41, 5.74) is 1.53. The second-order valence-corrected chi connectivity index (χ2v) is 11.8. The summed E-state index contributed by atoms with van der Waals surface area (Å²) in [6, 6.07) is 15.8. The Labute approximate surface area is 248 Å². The quantitative estimate of drug-likeness (QED) is 0.356. The van der Waals surface area contributed by atoms with Gasteiger partial charge in [-0.3, -0.25) is 14.4 Å². The molecule has 1 spiro atoms. The van der Waals surface area contributed by atoms with Gasteiger partial charge in [0, 0.05) is 31.0 Å². The Morgan fingerprint density at radius 3 is 2.38 bits per heavy atom. The molecule has 0 aromatic heterocycles. The Kier molecular flexibility index (Phi) is 8.89. The fourth-order valence-electron chi connectivity index (χ4n) is 7.32. The number of nitrogens with one attached hydrogen (secondary N) is 2. The summed E-state index contributed by atoms with van der Waals surface area (Å²) in [6.07, 6.45) is 1.39. The van der Waals surface area contributed by atoms with Gasteiger partial charge < -0.3 is 30.3 Å². The van der Waals surface area contributed by atoms with Gasteiger partial charge in [-0.15, -0.1) is 0 Å². The highest BCUT2D eigenvalue weighted by Crippen LogP contribution is 2.59. The molecule has 5 rings (SSSR count).